The lowest BCUT2D eigenvalue weighted by Crippen LogP contribution is -2.15. The number of halogens is 2. The van der Waals surface area contributed by atoms with Gasteiger partial charge in [-0.15, -0.1) is 0 Å². The molecule has 0 spiro atoms. The van der Waals surface area contributed by atoms with Crippen LogP contribution < -0.4 is 19.9 Å². The number of benzene rings is 2. The van der Waals surface area contributed by atoms with Crippen LogP contribution >= 0.6 is 0 Å². The Hall–Kier alpha value is -2.50. The predicted molar refractivity (Wildman–Crippen MR) is 68.3 cm³/mol. The highest BCUT2D eigenvalue weighted by Crippen LogP contribution is 2.40. The highest BCUT2D eigenvalue weighted by Gasteiger charge is 2.17. The summed E-state index contributed by atoms with van der Waals surface area (Å²) in [4.78, 5) is 0. The van der Waals surface area contributed by atoms with Crippen molar-refractivity contribution in [3.63, 3.8) is 0 Å². The molecule has 0 unspecified atom stereocenters. The number of nitrogen functional groups attached to an aromatic ring is 1. The summed E-state index contributed by atoms with van der Waals surface area (Å²) in [6.07, 6.45) is 0. The molecule has 3 rings (SSSR count). The number of nitrogens with two attached hydrogens (primary N) is 1. The standard InChI is InChI=1S/C14H11F2NO3/c15-8-1-2-9(16)11(5-8)20-12-7-14-13(6-10(12)17)18-3-4-19-14/h1-2,5-7H,3-4,17H2. The normalized spacial score (nSPS) is 13.1. The van der Waals surface area contributed by atoms with Gasteiger partial charge in [-0.2, -0.15) is 0 Å². The number of fused-ring (bicyclic) bond motifs is 1. The van der Waals surface area contributed by atoms with E-state index in [1.54, 1.807) is 0 Å². The molecule has 1 heterocycles. The van der Waals surface area contributed by atoms with E-state index in [1.807, 2.05) is 0 Å². The Morgan fingerprint density at radius 2 is 1.65 bits per heavy atom. The van der Waals surface area contributed by atoms with Crippen molar-refractivity contribution >= 4 is 5.69 Å². The van der Waals surface area contributed by atoms with Gasteiger partial charge in [0.25, 0.3) is 0 Å². The molecule has 0 saturated carbocycles. The predicted octanol–water partition coefficient (Wildman–Crippen LogP) is 3.11. The maximum absolute atomic E-state index is 13.5. The maximum Gasteiger partial charge on any atom is 0.166 e. The second kappa shape index (κ2) is 4.88. The van der Waals surface area contributed by atoms with Crippen molar-refractivity contribution in [2.24, 2.45) is 0 Å². The molecular formula is C14H11F2NO3. The fourth-order valence-electron chi connectivity index (χ4n) is 1.85. The summed E-state index contributed by atoms with van der Waals surface area (Å²) in [5, 5.41) is 0. The molecule has 6 heteroatoms. The van der Waals surface area contributed by atoms with Crippen molar-refractivity contribution in [3.05, 3.63) is 42.0 Å². The molecule has 0 aromatic heterocycles. The Morgan fingerprint density at radius 3 is 2.40 bits per heavy atom. The Balaban J connectivity index is 1.96. The topological polar surface area (TPSA) is 53.7 Å². The van der Waals surface area contributed by atoms with E-state index in [1.165, 1.54) is 12.1 Å². The number of hydrogen-bond acceptors (Lipinski definition) is 4. The molecule has 2 aromatic rings. The molecule has 0 amide bonds. The summed E-state index contributed by atoms with van der Waals surface area (Å²) in [7, 11) is 0. The van der Waals surface area contributed by atoms with Crippen LogP contribution in [-0.2, 0) is 0 Å². The van der Waals surface area contributed by atoms with Crippen molar-refractivity contribution in [2.75, 3.05) is 18.9 Å². The minimum absolute atomic E-state index is 0.179. The van der Waals surface area contributed by atoms with Gasteiger partial charge in [-0.3, -0.25) is 0 Å². The van der Waals surface area contributed by atoms with Crippen LogP contribution in [0.1, 0.15) is 0 Å². The van der Waals surface area contributed by atoms with Crippen molar-refractivity contribution < 1.29 is 23.0 Å². The Kier molecular flexibility index (Phi) is 3.06. The van der Waals surface area contributed by atoms with Gasteiger partial charge in [-0.1, -0.05) is 0 Å². The van der Waals surface area contributed by atoms with Gasteiger partial charge < -0.3 is 19.9 Å². The van der Waals surface area contributed by atoms with Crippen molar-refractivity contribution in [1.29, 1.82) is 0 Å². The quantitative estimate of drug-likeness (QED) is 0.858. The second-order valence-corrected chi connectivity index (χ2v) is 4.21. The van der Waals surface area contributed by atoms with Gasteiger partial charge in [0, 0.05) is 18.2 Å². The molecule has 2 N–H and O–H groups in total. The third-order valence-corrected chi connectivity index (χ3v) is 2.79. The molecule has 20 heavy (non-hydrogen) atoms. The molecule has 104 valence electrons. The first-order valence-electron chi connectivity index (χ1n) is 5.95. The van der Waals surface area contributed by atoms with Crippen molar-refractivity contribution in [1.82, 2.24) is 0 Å². The van der Waals surface area contributed by atoms with Gasteiger partial charge in [-0.25, -0.2) is 8.78 Å². The fourth-order valence-corrected chi connectivity index (χ4v) is 1.85. The smallest absolute Gasteiger partial charge is 0.166 e. The van der Waals surface area contributed by atoms with E-state index in [2.05, 4.69) is 0 Å². The molecule has 0 saturated heterocycles. The largest absolute Gasteiger partial charge is 0.486 e. The summed E-state index contributed by atoms with van der Waals surface area (Å²) in [6, 6.07) is 5.97. The van der Waals surface area contributed by atoms with E-state index in [0.717, 1.165) is 18.2 Å². The summed E-state index contributed by atoms with van der Waals surface area (Å²) in [6.45, 7) is 0.843. The molecule has 4 nitrogen and oxygen atoms in total. The first-order chi connectivity index (χ1) is 9.63. The molecule has 0 fully saturated rings. The summed E-state index contributed by atoms with van der Waals surface area (Å²) >= 11 is 0. The summed E-state index contributed by atoms with van der Waals surface area (Å²) < 4.78 is 42.7. The Bertz CT molecular complexity index is 661. The number of anilines is 1. The monoisotopic (exact) mass is 279 g/mol. The van der Waals surface area contributed by atoms with Gasteiger partial charge in [0.2, 0.25) is 0 Å². The zero-order chi connectivity index (χ0) is 14.1. The fraction of sp³-hybridized carbons (Fsp3) is 0.143. The van der Waals surface area contributed by atoms with E-state index >= 15 is 0 Å². The van der Waals surface area contributed by atoms with Crippen LogP contribution in [0, 0.1) is 11.6 Å². The SMILES string of the molecule is Nc1cc2c(cc1Oc1cc(F)ccc1F)OCCO2. The van der Waals surface area contributed by atoms with Crippen LogP contribution in [0.25, 0.3) is 0 Å². The van der Waals surface area contributed by atoms with Gasteiger partial charge in [0.1, 0.15) is 19.0 Å². The first-order valence-corrected chi connectivity index (χ1v) is 5.95. The second-order valence-electron chi connectivity index (χ2n) is 4.21. The average molecular weight is 279 g/mol. The van der Waals surface area contributed by atoms with Gasteiger partial charge >= 0.3 is 0 Å². The third kappa shape index (κ3) is 2.32. The third-order valence-electron chi connectivity index (χ3n) is 2.79. The Labute approximate surface area is 113 Å². The zero-order valence-electron chi connectivity index (χ0n) is 10.4. The lowest BCUT2D eigenvalue weighted by atomic mass is 10.2. The van der Waals surface area contributed by atoms with E-state index in [-0.39, 0.29) is 17.2 Å². The average Bonchev–Trinajstić information content (AvgIpc) is 2.43. The van der Waals surface area contributed by atoms with Crippen LogP contribution in [0.3, 0.4) is 0 Å². The number of ether oxygens (including phenoxy) is 3. The first kappa shape index (κ1) is 12.5. The van der Waals surface area contributed by atoms with Crippen LogP contribution in [0.4, 0.5) is 14.5 Å². The molecule has 0 atom stereocenters. The molecule has 1 aliphatic rings. The van der Waals surface area contributed by atoms with Crippen LogP contribution in [0.2, 0.25) is 0 Å². The van der Waals surface area contributed by atoms with Gasteiger partial charge in [0.15, 0.2) is 28.8 Å². The number of rotatable bonds is 2. The minimum Gasteiger partial charge on any atom is -0.486 e. The lowest BCUT2D eigenvalue weighted by Gasteiger charge is -2.20. The van der Waals surface area contributed by atoms with E-state index in [4.69, 9.17) is 19.9 Å². The van der Waals surface area contributed by atoms with Crippen LogP contribution in [-0.4, -0.2) is 13.2 Å². The van der Waals surface area contributed by atoms with Crippen molar-refractivity contribution in [3.8, 4) is 23.0 Å². The molecule has 0 aliphatic carbocycles. The van der Waals surface area contributed by atoms with Crippen LogP contribution in [0.5, 0.6) is 23.0 Å². The summed E-state index contributed by atoms with van der Waals surface area (Å²) in [5.74, 6) is -0.386. The molecule has 1 aliphatic heterocycles. The van der Waals surface area contributed by atoms with Crippen molar-refractivity contribution in [2.45, 2.75) is 0 Å². The molecular weight excluding hydrogens is 268 g/mol. The summed E-state index contributed by atoms with van der Waals surface area (Å²) in [5.41, 5.74) is 6.05. The Morgan fingerprint density at radius 1 is 0.950 bits per heavy atom. The molecule has 2 aromatic carbocycles. The van der Waals surface area contributed by atoms with Gasteiger partial charge in [-0.05, 0) is 12.1 Å². The minimum atomic E-state index is -0.680. The highest BCUT2D eigenvalue weighted by atomic mass is 19.1. The van der Waals surface area contributed by atoms with Crippen LogP contribution in [0.15, 0.2) is 30.3 Å². The highest BCUT2D eigenvalue weighted by molar-refractivity contribution is 5.63. The maximum atomic E-state index is 13.5. The molecule has 0 bridgehead atoms. The molecule has 0 radical (unpaired) electrons. The number of hydrogen-bond donors (Lipinski definition) is 1. The zero-order valence-corrected chi connectivity index (χ0v) is 10.4. The van der Waals surface area contributed by atoms with E-state index in [9.17, 15) is 8.78 Å². The van der Waals surface area contributed by atoms with E-state index in [0.29, 0.717) is 24.7 Å². The van der Waals surface area contributed by atoms with Gasteiger partial charge in [0.05, 0.1) is 5.69 Å². The lowest BCUT2D eigenvalue weighted by molar-refractivity contribution is 0.171. The van der Waals surface area contributed by atoms with E-state index < -0.39 is 11.6 Å².